The van der Waals surface area contributed by atoms with Crippen LogP contribution in [0.4, 0.5) is 4.79 Å². The molecule has 5 nitrogen and oxygen atoms in total. The van der Waals surface area contributed by atoms with Gasteiger partial charge in [0.15, 0.2) is 0 Å². The average Bonchev–Trinajstić information content (AvgIpc) is 2.58. The van der Waals surface area contributed by atoms with Crippen LogP contribution in [0.1, 0.15) is 27.7 Å². The molecule has 1 aliphatic rings. The normalized spacial score (nSPS) is 19.3. The zero-order valence-corrected chi connectivity index (χ0v) is 10.8. The van der Waals surface area contributed by atoms with Gasteiger partial charge in [-0.05, 0) is 27.7 Å². The Labute approximate surface area is 102 Å². The summed E-state index contributed by atoms with van der Waals surface area (Å²) in [4.78, 5) is 24.8. The van der Waals surface area contributed by atoms with Gasteiger partial charge in [-0.15, -0.1) is 0 Å². The van der Waals surface area contributed by atoms with E-state index in [0.29, 0.717) is 6.54 Å². The molecule has 0 unspecified atom stereocenters. The van der Waals surface area contributed by atoms with Gasteiger partial charge in [0.05, 0.1) is 0 Å². The van der Waals surface area contributed by atoms with Gasteiger partial charge in [-0.3, -0.25) is 4.79 Å². The maximum Gasteiger partial charge on any atom is 0.408 e. The zero-order chi connectivity index (χ0) is 13.1. The molecule has 0 aromatic carbocycles. The van der Waals surface area contributed by atoms with Crippen molar-refractivity contribution >= 4 is 12.0 Å². The SMILES string of the molecule is C[C@@H]1C=CCN1C(=O)CNC(=O)OC(C)(C)C. The predicted octanol–water partition coefficient (Wildman–Crippen LogP) is 1.30. The highest BCUT2D eigenvalue weighted by molar-refractivity contribution is 5.83. The molecule has 0 saturated carbocycles. The van der Waals surface area contributed by atoms with Crippen molar-refractivity contribution in [2.24, 2.45) is 0 Å². The maximum atomic E-state index is 11.7. The van der Waals surface area contributed by atoms with Crippen molar-refractivity contribution in [3.8, 4) is 0 Å². The number of nitrogens with zero attached hydrogens (tertiary/aromatic N) is 1. The van der Waals surface area contributed by atoms with Crippen LogP contribution in [0.25, 0.3) is 0 Å². The molecule has 0 aliphatic carbocycles. The van der Waals surface area contributed by atoms with Gasteiger partial charge in [0.1, 0.15) is 12.1 Å². The van der Waals surface area contributed by atoms with Crippen LogP contribution < -0.4 is 5.32 Å². The topological polar surface area (TPSA) is 58.6 Å². The summed E-state index contributed by atoms with van der Waals surface area (Å²) in [6.07, 6.45) is 3.34. The molecule has 1 N–H and O–H groups in total. The summed E-state index contributed by atoms with van der Waals surface area (Å²) in [6, 6.07) is 0.0999. The van der Waals surface area contributed by atoms with E-state index in [2.05, 4.69) is 5.32 Å². The van der Waals surface area contributed by atoms with Crippen LogP contribution in [0, 0.1) is 0 Å². The fourth-order valence-electron chi connectivity index (χ4n) is 1.53. The minimum absolute atomic E-state index is 0.0269. The second-order valence-electron chi connectivity index (χ2n) is 5.07. The lowest BCUT2D eigenvalue weighted by molar-refractivity contribution is -0.130. The Morgan fingerprint density at radius 2 is 2.12 bits per heavy atom. The molecular formula is C12H20N2O3. The van der Waals surface area contributed by atoms with Crippen molar-refractivity contribution in [2.45, 2.75) is 39.3 Å². The van der Waals surface area contributed by atoms with E-state index in [1.807, 2.05) is 19.1 Å². The second kappa shape index (κ2) is 5.21. The lowest BCUT2D eigenvalue weighted by Crippen LogP contribution is -2.43. The van der Waals surface area contributed by atoms with Crippen molar-refractivity contribution in [2.75, 3.05) is 13.1 Å². The Kier molecular flexibility index (Phi) is 4.15. The summed E-state index contributed by atoms with van der Waals surface area (Å²) < 4.78 is 5.04. The molecule has 96 valence electrons. The van der Waals surface area contributed by atoms with Crippen LogP contribution in [0.15, 0.2) is 12.2 Å². The molecule has 1 rings (SSSR count). The highest BCUT2D eigenvalue weighted by Gasteiger charge is 2.22. The molecule has 5 heteroatoms. The van der Waals surface area contributed by atoms with Gasteiger partial charge in [-0.2, -0.15) is 0 Å². The Morgan fingerprint density at radius 1 is 1.47 bits per heavy atom. The zero-order valence-electron chi connectivity index (χ0n) is 10.8. The fraction of sp³-hybridized carbons (Fsp3) is 0.667. The molecule has 17 heavy (non-hydrogen) atoms. The fourth-order valence-corrected chi connectivity index (χ4v) is 1.53. The summed E-state index contributed by atoms with van der Waals surface area (Å²) in [7, 11) is 0. The molecule has 0 spiro atoms. The standard InChI is InChI=1S/C12H20N2O3/c1-9-6-5-7-14(9)10(15)8-13-11(16)17-12(2,3)4/h5-6,9H,7-8H2,1-4H3,(H,13,16)/t9-/m1/s1. The van der Waals surface area contributed by atoms with Gasteiger partial charge >= 0.3 is 6.09 Å². The lowest BCUT2D eigenvalue weighted by Gasteiger charge is -2.23. The number of amides is 2. The molecule has 1 heterocycles. The van der Waals surface area contributed by atoms with Gasteiger partial charge < -0.3 is 15.0 Å². The van der Waals surface area contributed by atoms with E-state index >= 15 is 0 Å². The Balaban J connectivity index is 2.31. The van der Waals surface area contributed by atoms with E-state index in [9.17, 15) is 9.59 Å². The van der Waals surface area contributed by atoms with Gasteiger partial charge in [0.2, 0.25) is 5.91 Å². The molecule has 2 amide bonds. The summed E-state index contributed by atoms with van der Waals surface area (Å²) >= 11 is 0. The molecule has 0 radical (unpaired) electrons. The van der Waals surface area contributed by atoms with Crippen LogP contribution in [-0.4, -0.2) is 41.6 Å². The highest BCUT2D eigenvalue weighted by Crippen LogP contribution is 2.09. The molecule has 1 aliphatic heterocycles. The lowest BCUT2D eigenvalue weighted by atomic mass is 10.2. The van der Waals surface area contributed by atoms with Crippen LogP contribution >= 0.6 is 0 Å². The largest absolute Gasteiger partial charge is 0.444 e. The van der Waals surface area contributed by atoms with Crippen LogP contribution in [0.5, 0.6) is 0 Å². The Hall–Kier alpha value is -1.52. The second-order valence-corrected chi connectivity index (χ2v) is 5.07. The third-order valence-electron chi connectivity index (χ3n) is 2.31. The van der Waals surface area contributed by atoms with Gasteiger partial charge in [0.25, 0.3) is 0 Å². The number of nitrogens with one attached hydrogen (secondary N) is 1. The summed E-state index contributed by atoms with van der Waals surface area (Å²) in [5.74, 6) is -0.103. The van der Waals surface area contributed by atoms with E-state index in [0.717, 1.165) is 0 Å². The molecular weight excluding hydrogens is 220 g/mol. The smallest absolute Gasteiger partial charge is 0.408 e. The first-order valence-electron chi connectivity index (χ1n) is 5.72. The molecule has 0 saturated heterocycles. The molecule has 0 fully saturated rings. The average molecular weight is 240 g/mol. The van der Waals surface area contributed by atoms with Crippen molar-refractivity contribution in [1.29, 1.82) is 0 Å². The number of hydrogen-bond donors (Lipinski definition) is 1. The van der Waals surface area contributed by atoms with E-state index in [-0.39, 0.29) is 18.5 Å². The summed E-state index contributed by atoms with van der Waals surface area (Å²) in [5.41, 5.74) is -0.546. The minimum atomic E-state index is -0.564. The Bertz CT molecular complexity index is 331. The van der Waals surface area contributed by atoms with Gasteiger partial charge in [-0.1, -0.05) is 12.2 Å². The quantitative estimate of drug-likeness (QED) is 0.740. The number of ether oxygens (including phenoxy) is 1. The van der Waals surface area contributed by atoms with Crippen molar-refractivity contribution in [1.82, 2.24) is 10.2 Å². The maximum absolute atomic E-state index is 11.7. The van der Waals surface area contributed by atoms with E-state index in [1.165, 1.54) is 0 Å². The molecule has 0 aromatic rings. The third-order valence-corrected chi connectivity index (χ3v) is 2.31. The van der Waals surface area contributed by atoms with E-state index in [4.69, 9.17) is 4.74 Å². The first-order chi connectivity index (χ1) is 7.79. The number of hydrogen-bond acceptors (Lipinski definition) is 3. The minimum Gasteiger partial charge on any atom is -0.444 e. The summed E-state index contributed by atoms with van der Waals surface area (Å²) in [5, 5.41) is 2.46. The van der Waals surface area contributed by atoms with Gasteiger partial charge in [-0.25, -0.2) is 4.79 Å². The third kappa shape index (κ3) is 4.46. The number of rotatable bonds is 2. The monoisotopic (exact) mass is 240 g/mol. The Morgan fingerprint density at radius 3 is 2.59 bits per heavy atom. The van der Waals surface area contributed by atoms with Crippen molar-refractivity contribution in [3.05, 3.63) is 12.2 Å². The molecule has 0 bridgehead atoms. The highest BCUT2D eigenvalue weighted by atomic mass is 16.6. The van der Waals surface area contributed by atoms with Crippen LogP contribution in [-0.2, 0) is 9.53 Å². The van der Waals surface area contributed by atoms with E-state index < -0.39 is 11.7 Å². The number of alkyl carbamates (subject to hydrolysis) is 1. The van der Waals surface area contributed by atoms with Crippen LogP contribution in [0.2, 0.25) is 0 Å². The predicted molar refractivity (Wildman–Crippen MR) is 64.6 cm³/mol. The van der Waals surface area contributed by atoms with Crippen LogP contribution in [0.3, 0.4) is 0 Å². The first-order valence-corrected chi connectivity index (χ1v) is 5.72. The summed E-state index contributed by atoms with van der Waals surface area (Å²) in [6.45, 7) is 7.86. The first kappa shape index (κ1) is 13.5. The van der Waals surface area contributed by atoms with Gasteiger partial charge in [0, 0.05) is 12.6 Å². The number of carbonyl (C=O) groups is 2. The molecule has 0 aromatic heterocycles. The van der Waals surface area contributed by atoms with Crippen molar-refractivity contribution < 1.29 is 14.3 Å². The van der Waals surface area contributed by atoms with Crippen molar-refractivity contribution in [3.63, 3.8) is 0 Å². The number of carbonyl (C=O) groups excluding carboxylic acids is 2. The molecule has 1 atom stereocenters. The van der Waals surface area contributed by atoms with E-state index in [1.54, 1.807) is 25.7 Å².